The summed E-state index contributed by atoms with van der Waals surface area (Å²) in [4.78, 5) is 25.3. The molecule has 0 rings (SSSR count). The number of hydrogen-bond acceptors (Lipinski definition) is 7. The van der Waals surface area contributed by atoms with E-state index in [4.69, 9.17) is 17.9 Å². The number of hydrogen-bond donors (Lipinski definition) is 0. The highest BCUT2D eigenvalue weighted by Crippen LogP contribution is 2.51. The van der Waals surface area contributed by atoms with Crippen molar-refractivity contribution in [3.8, 4) is 0 Å². The summed E-state index contributed by atoms with van der Waals surface area (Å²) in [6, 6.07) is 0. The molecule has 0 N–H and O–H groups in total. The first-order valence-corrected chi connectivity index (χ1v) is 20.7. The predicted molar refractivity (Wildman–Crippen MR) is 154 cm³/mol. The van der Waals surface area contributed by atoms with Crippen molar-refractivity contribution in [2.24, 2.45) is 11.8 Å². The highest BCUT2D eigenvalue weighted by Gasteiger charge is 2.48. The van der Waals surface area contributed by atoms with Gasteiger partial charge in [-0.25, -0.2) is 0 Å². The summed E-state index contributed by atoms with van der Waals surface area (Å²) >= 11 is 0. The fourth-order valence-corrected chi connectivity index (χ4v) is 7.81. The van der Waals surface area contributed by atoms with Crippen LogP contribution in [0.15, 0.2) is 0 Å². The zero-order chi connectivity index (χ0) is 28.8. The van der Waals surface area contributed by atoms with Gasteiger partial charge in [-0.3, -0.25) is 9.36 Å². The van der Waals surface area contributed by atoms with E-state index in [1.807, 2.05) is 0 Å². The SMILES string of the molecule is CCOP(=O)(OCC)C(=O)C[C@@H](O[Si](C)(C)C(C)(C)C)[C@H](C(C)C)[C@H](CC=O)O[Si](C)(C)C(C)(C)C. The third kappa shape index (κ3) is 9.86. The molecule has 0 bridgehead atoms. The maximum Gasteiger partial charge on any atom is 0.396 e. The zero-order valence-corrected chi connectivity index (χ0v) is 28.4. The molecule has 0 amide bonds. The van der Waals surface area contributed by atoms with Gasteiger partial charge >= 0.3 is 7.60 Å². The van der Waals surface area contributed by atoms with Gasteiger partial charge in [-0.15, -0.1) is 0 Å². The zero-order valence-electron chi connectivity index (χ0n) is 25.5. The minimum absolute atomic E-state index is 0.0425. The Kier molecular flexibility index (Phi) is 13.7. The van der Waals surface area contributed by atoms with Crippen LogP contribution in [0.2, 0.25) is 36.3 Å². The van der Waals surface area contributed by atoms with E-state index < -0.39 is 42.0 Å². The van der Waals surface area contributed by atoms with Gasteiger partial charge < -0.3 is 22.7 Å². The highest BCUT2D eigenvalue weighted by atomic mass is 31.2. The standard InChI is InChI=1S/C26H55O7PSi2/c1-15-30-34(29,31-16-2)23(28)19-22(33-36(13,14)26(8,9)10)24(20(3)4)21(17-18-27)32-35(11,12)25(5,6)7/h18,20-22,24H,15-17,19H2,1-14H3/t21-,22+,24+/m0/s1. The first kappa shape index (κ1) is 35.8. The average molecular weight is 567 g/mol. The molecule has 0 saturated heterocycles. The van der Waals surface area contributed by atoms with E-state index >= 15 is 0 Å². The lowest BCUT2D eigenvalue weighted by atomic mass is 9.83. The summed E-state index contributed by atoms with van der Waals surface area (Å²) < 4.78 is 37.8. The molecule has 36 heavy (non-hydrogen) atoms. The van der Waals surface area contributed by atoms with E-state index in [2.05, 4.69) is 81.6 Å². The molecule has 0 aliphatic heterocycles. The van der Waals surface area contributed by atoms with Crippen molar-refractivity contribution in [1.82, 2.24) is 0 Å². The van der Waals surface area contributed by atoms with Crippen molar-refractivity contribution in [3.63, 3.8) is 0 Å². The van der Waals surface area contributed by atoms with Crippen molar-refractivity contribution in [2.75, 3.05) is 13.2 Å². The number of carbonyl (C=O) groups is 2. The van der Waals surface area contributed by atoms with Crippen molar-refractivity contribution in [1.29, 1.82) is 0 Å². The smallest absolute Gasteiger partial charge is 0.396 e. The monoisotopic (exact) mass is 566 g/mol. The van der Waals surface area contributed by atoms with Crippen LogP contribution < -0.4 is 0 Å². The lowest BCUT2D eigenvalue weighted by molar-refractivity contribution is -0.117. The molecule has 0 fully saturated rings. The minimum Gasteiger partial charge on any atom is -0.413 e. The highest BCUT2D eigenvalue weighted by molar-refractivity contribution is 7.71. The van der Waals surface area contributed by atoms with Gasteiger partial charge in [0.05, 0.1) is 25.4 Å². The third-order valence-corrected chi connectivity index (χ3v) is 18.7. The van der Waals surface area contributed by atoms with Gasteiger partial charge in [0.25, 0.3) is 0 Å². The first-order valence-electron chi connectivity index (χ1n) is 13.3. The van der Waals surface area contributed by atoms with E-state index in [0.717, 1.165) is 6.29 Å². The fourth-order valence-electron chi connectivity index (χ4n) is 3.65. The number of rotatable bonds is 16. The van der Waals surface area contributed by atoms with Crippen molar-refractivity contribution >= 4 is 36.0 Å². The van der Waals surface area contributed by atoms with Crippen molar-refractivity contribution < 1.29 is 32.1 Å². The maximum absolute atomic E-state index is 13.5. The van der Waals surface area contributed by atoms with Gasteiger partial charge in [-0.1, -0.05) is 55.4 Å². The number of aldehydes is 1. The molecule has 0 aliphatic rings. The summed E-state index contributed by atoms with van der Waals surface area (Å²) in [7, 11) is -8.57. The second-order valence-corrected chi connectivity index (χ2v) is 24.5. The lowest BCUT2D eigenvalue weighted by Gasteiger charge is -2.47. The van der Waals surface area contributed by atoms with E-state index in [9.17, 15) is 14.2 Å². The van der Waals surface area contributed by atoms with Crippen LogP contribution in [-0.2, 0) is 32.1 Å². The molecular weight excluding hydrogens is 511 g/mol. The molecule has 0 aromatic rings. The molecule has 3 atom stereocenters. The second-order valence-electron chi connectivity index (χ2n) is 13.0. The molecule has 0 aromatic heterocycles. The Bertz CT molecular complexity index is 744. The van der Waals surface area contributed by atoms with E-state index in [1.54, 1.807) is 13.8 Å². The van der Waals surface area contributed by atoms with Crippen LogP contribution in [0.3, 0.4) is 0 Å². The minimum atomic E-state index is -3.96. The summed E-state index contributed by atoms with van der Waals surface area (Å²) in [5, 5.41) is -0.166. The van der Waals surface area contributed by atoms with Crippen LogP contribution >= 0.6 is 7.60 Å². The average Bonchev–Trinajstić information content (AvgIpc) is 2.65. The van der Waals surface area contributed by atoms with Crippen LogP contribution in [0, 0.1) is 11.8 Å². The number of carbonyl (C=O) groups excluding carboxylic acids is 2. The molecule has 0 aliphatic carbocycles. The maximum atomic E-state index is 13.5. The van der Waals surface area contributed by atoms with E-state index in [1.165, 1.54) is 0 Å². The molecule has 0 spiro atoms. The Balaban J connectivity index is 6.69. The quantitative estimate of drug-likeness (QED) is 0.107. The van der Waals surface area contributed by atoms with Crippen LogP contribution in [0.4, 0.5) is 0 Å². The molecule has 0 aromatic carbocycles. The van der Waals surface area contributed by atoms with Gasteiger partial charge in [-0.05, 0) is 56.0 Å². The Morgan fingerprint density at radius 1 is 0.833 bits per heavy atom. The molecule has 7 nitrogen and oxygen atoms in total. The van der Waals surface area contributed by atoms with E-state index in [0.29, 0.717) is 0 Å². The van der Waals surface area contributed by atoms with Crippen LogP contribution in [0.5, 0.6) is 0 Å². The molecule has 0 saturated carbocycles. The lowest BCUT2D eigenvalue weighted by Crippen LogP contribution is -2.53. The fraction of sp³-hybridized carbons (Fsp3) is 0.923. The van der Waals surface area contributed by atoms with Gasteiger partial charge in [0, 0.05) is 18.8 Å². The van der Waals surface area contributed by atoms with Crippen molar-refractivity contribution in [2.45, 2.75) is 131 Å². The van der Waals surface area contributed by atoms with Gasteiger partial charge in [-0.2, -0.15) is 0 Å². The van der Waals surface area contributed by atoms with Crippen LogP contribution in [0.25, 0.3) is 0 Å². The molecular formula is C26H55O7PSi2. The predicted octanol–water partition coefficient (Wildman–Crippen LogP) is 7.81. The summed E-state index contributed by atoms with van der Waals surface area (Å²) in [6.45, 7) is 29.2. The first-order chi connectivity index (χ1) is 16.1. The largest absolute Gasteiger partial charge is 0.413 e. The summed E-state index contributed by atoms with van der Waals surface area (Å²) in [5.74, 6) is -0.222. The Hall–Kier alpha value is -0.156. The van der Waals surface area contributed by atoms with Crippen molar-refractivity contribution in [3.05, 3.63) is 0 Å². The summed E-state index contributed by atoms with van der Waals surface area (Å²) in [5.41, 5.74) is -0.585. The van der Waals surface area contributed by atoms with Gasteiger partial charge in [0.2, 0.25) is 5.52 Å². The second kappa shape index (κ2) is 13.8. The normalized spacial score (nSPS) is 16.6. The molecule has 214 valence electrons. The Morgan fingerprint density at radius 2 is 1.22 bits per heavy atom. The van der Waals surface area contributed by atoms with Gasteiger partial charge in [0.1, 0.15) is 6.29 Å². The van der Waals surface area contributed by atoms with Gasteiger partial charge in [0.15, 0.2) is 16.6 Å². The Labute approximate surface area is 223 Å². The molecule has 10 heteroatoms. The topological polar surface area (TPSA) is 88.1 Å². The molecule has 0 unspecified atom stereocenters. The Morgan fingerprint density at radius 3 is 1.53 bits per heavy atom. The molecule has 0 heterocycles. The molecule has 0 radical (unpaired) electrons. The van der Waals surface area contributed by atoms with Crippen LogP contribution in [0.1, 0.15) is 82.1 Å². The summed E-state index contributed by atoms with van der Waals surface area (Å²) in [6.07, 6.45) is -0.0472. The van der Waals surface area contributed by atoms with E-state index in [-0.39, 0.29) is 48.0 Å². The third-order valence-electron chi connectivity index (χ3n) is 7.74. The van der Waals surface area contributed by atoms with Crippen LogP contribution in [-0.4, -0.2) is 53.9 Å².